The number of carbonyl (C=O) groups is 1. The molecule has 0 spiro atoms. The van der Waals surface area contributed by atoms with Gasteiger partial charge in [0.25, 0.3) is 5.91 Å². The van der Waals surface area contributed by atoms with Crippen LogP contribution in [0.25, 0.3) is 0 Å². The van der Waals surface area contributed by atoms with E-state index in [9.17, 15) is 9.18 Å². The van der Waals surface area contributed by atoms with Crippen LogP contribution in [-0.4, -0.2) is 19.0 Å². The predicted molar refractivity (Wildman–Crippen MR) is 84.0 cm³/mol. The summed E-state index contributed by atoms with van der Waals surface area (Å²) in [6, 6.07) is 4.64. The van der Waals surface area contributed by atoms with Gasteiger partial charge in [0.2, 0.25) is 0 Å². The van der Waals surface area contributed by atoms with Gasteiger partial charge in [-0.1, -0.05) is 32.8 Å². The standard InChI is InChI=1S/C17H25FN2O/c1-3-10-19-16-14(8-5-9-15(16)18)17(21)20-11-13-7-4-6-12(13)2/h5,8-9,12-13,19H,3-4,6-7,10-11H2,1-2H3,(H,20,21). The van der Waals surface area contributed by atoms with Crippen LogP contribution in [0.1, 0.15) is 49.9 Å². The van der Waals surface area contributed by atoms with Crippen LogP contribution in [0.2, 0.25) is 0 Å². The molecule has 1 saturated carbocycles. The minimum absolute atomic E-state index is 0.188. The predicted octanol–water partition coefficient (Wildman–Crippen LogP) is 3.81. The molecule has 4 heteroatoms. The van der Waals surface area contributed by atoms with Crippen LogP contribution in [0.15, 0.2) is 18.2 Å². The molecule has 1 aromatic rings. The van der Waals surface area contributed by atoms with Crippen LogP contribution in [0.5, 0.6) is 0 Å². The molecule has 0 radical (unpaired) electrons. The van der Waals surface area contributed by atoms with E-state index in [1.807, 2.05) is 6.92 Å². The lowest BCUT2D eigenvalue weighted by molar-refractivity contribution is 0.0945. The Morgan fingerprint density at radius 2 is 2.19 bits per heavy atom. The van der Waals surface area contributed by atoms with Gasteiger partial charge in [0.1, 0.15) is 5.82 Å². The minimum atomic E-state index is -0.370. The number of amides is 1. The maximum absolute atomic E-state index is 13.9. The molecule has 2 rings (SSSR count). The highest BCUT2D eigenvalue weighted by Gasteiger charge is 2.24. The minimum Gasteiger partial charge on any atom is -0.382 e. The molecule has 2 atom stereocenters. The number of hydrogen-bond donors (Lipinski definition) is 2. The fraction of sp³-hybridized carbons (Fsp3) is 0.588. The number of carbonyl (C=O) groups excluding carboxylic acids is 1. The highest BCUT2D eigenvalue weighted by atomic mass is 19.1. The summed E-state index contributed by atoms with van der Waals surface area (Å²) < 4.78 is 13.9. The van der Waals surface area contributed by atoms with E-state index in [1.54, 1.807) is 12.1 Å². The highest BCUT2D eigenvalue weighted by Crippen LogP contribution is 2.30. The molecule has 2 unspecified atom stereocenters. The van der Waals surface area contributed by atoms with E-state index in [2.05, 4.69) is 17.6 Å². The average molecular weight is 292 g/mol. The van der Waals surface area contributed by atoms with Crippen molar-refractivity contribution < 1.29 is 9.18 Å². The Morgan fingerprint density at radius 1 is 1.38 bits per heavy atom. The largest absolute Gasteiger partial charge is 0.382 e. The van der Waals surface area contributed by atoms with Crippen LogP contribution in [-0.2, 0) is 0 Å². The smallest absolute Gasteiger partial charge is 0.253 e. The van der Waals surface area contributed by atoms with Gasteiger partial charge in [-0.15, -0.1) is 0 Å². The summed E-state index contributed by atoms with van der Waals surface area (Å²) in [6.07, 6.45) is 4.54. The summed E-state index contributed by atoms with van der Waals surface area (Å²) in [5.41, 5.74) is 0.713. The molecule has 0 heterocycles. The lowest BCUT2D eigenvalue weighted by Crippen LogP contribution is -2.31. The van der Waals surface area contributed by atoms with Crippen LogP contribution < -0.4 is 10.6 Å². The van der Waals surface area contributed by atoms with E-state index < -0.39 is 0 Å². The first-order valence-corrected chi connectivity index (χ1v) is 7.94. The third kappa shape index (κ3) is 3.96. The van der Waals surface area contributed by atoms with Gasteiger partial charge in [-0.2, -0.15) is 0 Å². The normalized spacial score (nSPS) is 21.3. The number of anilines is 1. The molecule has 0 bridgehead atoms. The van der Waals surface area contributed by atoms with E-state index in [4.69, 9.17) is 0 Å². The van der Waals surface area contributed by atoms with Gasteiger partial charge < -0.3 is 10.6 Å². The second-order valence-corrected chi connectivity index (χ2v) is 5.97. The zero-order valence-electron chi connectivity index (χ0n) is 12.9. The van der Waals surface area contributed by atoms with E-state index in [0.717, 1.165) is 6.42 Å². The summed E-state index contributed by atoms with van der Waals surface area (Å²) in [6.45, 7) is 5.58. The summed E-state index contributed by atoms with van der Waals surface area (Å²) in [5, 5.41) is 5.98. The molecule has 1 fully saturated rings. The maximum atomic E-state index is 13.9. The van der Waals surface area contributed by atoms with Crippen molar-refractivity contribution in [2.45, 2.75) is 39.5 Å². The Bertz CT molecular complexity index is 490. The molecule has 2 N–H and O–H groups in total. The fourth-order valence-corrected chi connectivity index (χ4v) is 2.99. The summed E-state index contributed by atoms with van der Waals surface area (Å²) in [4.78, 5) is 12.3. The molecule has 21 heavy (non-hydrogen) atoms. The van der Waals surface area contributed by atoms with Crippen molar-refractivity contribution in [2.24, 2.45) is 11.8 Å². The molecule has 0 saturated heterocycles. The number of halogens is 1. The lowest BCUT2D eigenvalue weighted by atomic mass is 9.98. The Hall–Kier alpha value is -1.58. The third-order valence-electron chi connectivity index (χ3n) is 4.37. The SMILES string of the molecule is CCCNc1c(F)cccc1C(=O)NCC1CCCC1C. The first-order chi connectivity index (χ1) is 10.1. The molecule has 1 aromatic carbocycles. The van der Waals surface area contributed by atoms with Gasteiger partial charge in [0.05, 0.1) is 11.3 Å². The third-order valence-corrected chi connectivity index (χ3v) is 4.37. The molecule has 0 aliphatic heterocycles. The van der Waals surface area contributed by atoms with Crippen LogP contribution in [0, 0.1) is 17.7 Å². The fourth-order valence-electron chi connectivity index (χ4n) is 2.99. The molecule has 1 aliphatic rings. The van der Waals surface area contributed by atoms with Gasteiger partial charge in [-0.05, 0) is 36.8 Å². The summed E-state index contributed by atoms with van der Waals surface area (Å²) >= 11 is 0. The van der Waals surface area contributed by atoms with Crippen molar-refractivity contribution in [1.29, 1.82) is 0 Å². The molecular weight excluding hydrogens is 267 g/mol. The van der Waals surface area contributed by atoms with Gasteiger partial charge in [-0.25, -0.2) is 4.39 Å². The quantitative estimate of drug-likeness (QED) is 0.837. The van der Waals surface area contributed by atoms with Gasteiger partial charge >= 0.3 is 0 Å². The van der Waals surface area contributed by atoms with Crippen LogP contribution in [0.3, 0.4) is 0 Å². The Balaban J connectivity index is 2.02. The molecule has 0 aromatic heterocycles. The van der Waals surface area contributed by atoms with Gasteiger partial charge in [0.15, 0.2) is 0 Å². The van der Waals surface area contributed by atoms with Gasteiger partial charge in [0, 0.05) is 13.1 Å². The van der Waals surface area contributed by atoms with E-state index in [0.29, 0.717) is 36.2 Å². The van der Waals surface area contributed by atoms with Crippen molar-refractivity contribution in [1.82, 2.24) is 5.32 Å². The molecule has 1 amide bonds. The second kappa shape index (κ2) is 7.43. The van der Waals surface area contributed by atoms with Crippen molar-refractivity contribution >= 4 is 11.6 Å². The van der Waals surface area contributed by atoms with E-state index in [-0.39, 0.29) is 11.7 Å². The number of benzene rings is 1. The first kappa shape index (κ1) is 15.8. The number of nitrogens with one attached hydrogen (secondary N) is 2. The molecule has 116 valence electrons. The Morgan fingerprint density at radius 3 is 2.86 bits per heavy atom. The number of rotatable bonds is 6. The van der Waals surface area contributed by atoms with Crippen molar-refractivity contribution in [3.63, 3.8) is 0 Å². The molecular formula is C17H25FN2O. The Kier molecular flexibility index (Phi) is 5.59. The van der Waals surface area contributed by atoms with Crippen LogP contribution in [0.4, 0.5) is 10.1 Å². The highest BCUT2D eigenvalue weighted by molar-refractivity contribution is 5.99. The molecule has 1 aliphatic carbocycles. The maximum Gasteiger partial charge on any atom is 0.253 e. The second-order valence-electron chi connectivity index (χ2n) is 5.97. The average Bonchev–Trinajstić information content (AvgIpc) is 2.88. The van der Waals surface area contributed by atoms with Crippen molar-refractivity contribution in [2.75, 3.05) is 18.4 Å². The monoisotopic (exact) mass is 292 g/mol. The summed E-state index contributed by atoms with van der Waals surface area (Å²) in [7, 11) is 0. The van der Waals surface area contributed by atoms with Gasteiger partial charge in [-0.3, -0.25) is 4.79 Å². The molecule has 3 nitrogen and oxygen atoms in total. The van der Waals surface area contributed by atoms with Crippen molar-refractivity contribution in [3.05, 3.63) is 29.6 Å². The Labute approximate surface area is 126 Å². The number of hydrogen-bond acceptors (Lipinski definition) is 2. The number of para-hydroxylation sites is 1. The first-order valence-electron chi connectivity index (χ1n) is 7.94. The van der Waals surface area contributed by atoms with E-state index in [1.165, 1.54) is 25.3 Å². The summed E-state index contributed by atoms with van der Waals surface area (Å²) in [5.74, 6) is 0.655. The zero-order chi connectivity index (χ0) is 15.2. The van der Waals surface area contributed by atoms with Crippen molar-refractivity contribution in [3.8, 4) is 0 Å². The topological polar surface area (TPSA) is 41.1 Å². The van der Waals surface area contributed by atoms with E-state index >= 15 is 0 Å². The lowest BCUT2D eigenvalue weighted by Gasteiger charge is -2.17. The zero-order valence-corrected chi connectivity index (χ0v) is 12.9. The van der Waals surface area contributed by atoms with Crippen LogP contribution >= 0.6 is 0 Å².